The Balaban J connectivity index is 1.24. The largest absolute Gasteiger partial charge is 0.497 e. The average Bonchev–Trinajstić information content (AvgIpc) is 3.41. The minimum Gasteiger partial charge on any atom is -0.497 e. The number of likely N-dealkylation sites (tertiary alicyclic amines) is 1. The van der Waals surface area contributed by atoms with E-state index in [2.05, 4.69) is 38.4 Å². The second-order valence-electron chi connectivity index (χ2n) is 7.73. The average molecular weight is 423 g/mol. The summed E-state index contributed by atoms with van der Waals surface area (Å²) in [5, 5.41) is 6.03. The normalized spacial score (nSPS) is 15.7. The minimum absolute atomic E-state index is 0.534. The first-order valence-electron chi connectivity index (χ1n) is 10.2. The van der Waals surface area contributed by atoms with Crippen molar-refractivity contribution >= 4 is 22.5 Å². The van der Waals surface area contributed by atoms with Crippen LogP contribution in [0, 0.1) is 0 Å². The number of piperidine rings is 1. The number of methoxy groups -OCH3 is 1. The van der Waals surface area contributed by atoms with Gasteiger partial charge in [-0.25, -0.2) is 0 Å². The summed E-state index contributed by atoms with van der Waals surface area (Å²) in [5.74, 6) is 2.65. The van der Waals surface area contributed by atoms with E-state index < -0.39 is 0 Å². The van der Waals surface area contributed by atoms with Crippen LogP contribution in [0.25, 0.3) is 22.3 Å². The van der Waals surface area contributed by atoms with Crippen LogP contribution in [0.2, 0.25) is 5.02 Å². The molecular formula is C23H23ClN4O2. The van der Waals surface area contributed by atoms with Crippen molar-refractivity contribution in [2.75, 3.05) is 20.2 Å². The molecule has 0 saturated carbocycles. The van der Waals surface area contributed by atoms with E-state index in [1.165, 1.54) is 10.9 Å². The number of aromatic amines is 1. The molecule has 2 aromatic heterocycles. The summed E-state index contributed by atoms with van der Waals surface area (Å²) < 4.78 is 10.9. The van der Waals surface area contributed by atoms with Crippen LogP contribution >= 0.6 is 11.6 Å². The molecule has 7 heteroatoms. The zero-order chi connectivity index (χ0) is 20.5. The van der Waals surface area contributed by atoms with E-state index in [1.54, 1.807) is 7.11 Å². The van der Waals surface area contributed by atoms with Crippen LogP contribution < -0.4 is 4.74 Å². The zero-order valence-electron chi connectivity index (χ0n) is 16.8. The molecule has 0 spiro atoms. The molecule has 1 saturated heterocycles. The van der Waals surface area contributed by atoms with E-state index in [0.29, 0.717) is 29.2 Å². The van der Waals surface area contributed by atoms with Crippen molar-refractivity contribution in [2.24, 2.45) is 0 Å². The van der Waals surface area contributed by atoms with E-state index in [1.807, 2.05) is 30.3 Å². The van der Waals surface area contributed by atoms with Crippen LogP contribution in [0.1, 0.15) is 30.2 Å². The maximum Gasteiger partial charge on any atom is 0.241 e. The molecule has 154 valence electrons. The van der Waals surface area contributed by atoms with Gasteiger partial charge in [-0.3, -0.25) is 4.90 Å². The van der Waals surface area contributed by atoms with Gasteiger partial charge in [-0.1, -0.05) is 28.9 Å². The number of benzene rings is 2. The fourth-order valence-electron chi connectivity index (χ4n) is 4.24. The molecule has 6 nitrogen and oxygen atoms in total. The molecule has 0 amide bonds. The van der Waals surface area contributed by atoms with Crippen molar-refractivity contribution in [2.45, 2.75) is 25.3 Å². The lowest BCUT2D eigenvalue weighted by Gasteiger charge is -2.30. The number of aromatic nitrogens is 3. The quantitative estimate of drug-likeness (QED) is 0.475. The molecular weight excluding hydrogens is 400 g/mol. The van der Waals surface area contributed by atoms with E-state index in [4.69, 9.17) is 20.9 Å². The summed E-state index contributed by atoms with van der Waals surface area (Å²) >= 11 is 6.06. The molecule has 0 bridgehead atoms. The van der Waals surface area contributed by atoms with Gasteiger partial charge in [-0.15, -0.1) is 0 Å². The Morgan fingerprint density at radius 1 is 1.20 bits per heavy atom. The number of hydrogen-bond donors (Lipinski definition) is 1. The highest BCUT2D eigenvalue weighted by molar-refractivity contribution is 6.30. The maximum atomic E-state index is 6.06. The molecule has 1 aliphatic heterocycles. The Hall–Kier alpha value is -2.83. The van der Waals surface area contributed by atoms with E-state index in [0.717, 1.165) is 42.8 Å². The fraction of sp³-hybridized carbons (Fsp3) is 0.304. The van der Waals surface area contributed by atoms with Gasteiger partial charge in [-0.2, -0.15) is 4.98 Å². The van der Waals surface area contributed by atoms with Gasteiger partial charge in [0.05, 0.1) is 13.7 Å². The highest BCUT2D eigenvalue weighted by Gasteiger charge is 2.24. The molecule has 0 atom stereocenters. The Labute approximate surface area is 179 Å². The predicted octanol–water partition coefficient (Wildman–Crippen LogP) is 5.26. The van der Waals surface area contributed by atoms with Crippen LogP contribution in [0.5, 0.6) is 5.75 Å². The van der Waals surface area contributed by atoms with Crippen LogP contribution in [0.4, 0.5) is 0 Å². The van der Waals surface area contributed by atoms with Crippen LogP contribution in [0.3, 0.4) is 0 Å². The topological polar surface area (TPSA) is 67.2 Å². The number of hydrogen-bond acceptors (Lipinski definition) is 5. The van der Waals surface area contributed by atoms with Crippen molar-refractivity contribution in [1.29, 1.82) is 0 Å². The van der Waals surface area contributed by atoms with E-state index in [9.17, 15) is 0 Å². The van der Waals surface area contributed by atoms with Crippen LogP contribution in [-0.2, 0) is 6.54 Å². The standard InChI is InChI=1S/C23H23ClN4O2/c1-29-18-5-6-21-19(12-18)20(13-25-21)15-7-9-28(10-8-15)14-22-26-23(27-30-22)16-3-2-4-17(24)11-16/h2-6,11-13,15,25H,7-10,14H2,1H3. The summed E-state index contributed by atoms with van der Waals surface area (Å²) in [6, 6.07) is 13.7. The lowest BCUT2D eigenvalue weighted by molar-refractivity contribution is 0.181. The summed E-state index contributed by atoms with van der Waals surface area (Å²) in [7, 11) is 1.71. The third kappa shape index (κ3) is 3.80. The van der Waals surface area contributed by atoms with Crippen molar-refractivity contribution in [3.63, 3.8) is 0 Å². The molecule has 30 heavy (non-hydrogen) atoms. The number of ether oxygens (including phenoxy) is 1. The molecule has 0 unspecified atom stereocenters. The lowest BCUT2D eigenvalue weighted by Crippen LogP contribution is -2.32. The van der Waals surface area contributed by atoms with Gasteiger partial charge in [0, 0.05) is 27.7 Å². The maximum absolute atomic E-state index is 6.06. The Bertz CT molecular complexity index is 1160. The minimum atomic E-state index is 0.534. The van der Waals surface area contributed by atoms with Gasteiger partial charge in [0.2, 0.25) is 11.7 Å². The van der Waals surface area contributed by atoms with Crippen LogP contribution in [-0.4, -0.2) is 40.2 Å². The molecule has 3 heterocycles. The summed E-state index contributed by atoms with van der Waals surface area (Å²) in [6.45, 7) is 2.66. The van der Waals surface area contributed by atoms with Crippen LogP contribution in [0.15, 0.2) is 53.2 Å². The molecule has 0 radical (unpaired) electrons. The second-order valence-corrected chi connectivity index (χ2v) is 8.16. The van der Waals surface area contributed by atoms with Gasteiger partial charge >= 0.3 is 0 Å². The second kappa shape index (κ2) is 8.13. The molecule has 4 aromatic rings. The van der Waals surface area contributed by atoms with Gasteiger partial charge in [0.15, 0.2) is 0 Å². The van der Waals surface area contributed by atoms with E-state index >= 15 is 0 Å². The Morgan fingerprint density at radius 3 is 2.87 bits per heavy atom. The smallest absolute Gasteiger partial charge is 0.241 e. The summed E-state index contributed by atoms with van der Waals surface area (Å²) in [4.78, 5) is 10.3. The highest BCUT2D eigenvalue weighted by Crippen LogP contribution is 2.35. The monoisotopic (exact) mass is 422 g/mol. The molecule has 1 N–H and O–H groups in total. The summed E-state index contributed by atoms with van der Waals surface area (Å²) in [5.41, 5.74) is 3.41. The van der Waals surface area contributed by atoms with E-state index in [-0.39, 0.29) is 0 Å². The van der Waals surface area contributed by atoms with Crippen molar-refractivity contribution < 1.29 is 9.26 Å². The number of fused-ring (bicyclic) bond motifs is 1. The first kappa shape index (κ1) is 19.2. The number of H-pyrrole nitrogens is 1. The molecule has 1 fully saturated rings. The van der Waals surface area contributed by atoms with Gasteiger partial charge in [0.1, 0.15) is 5.75 Å². The highest BCUT2D eigenvalue weighted by atomic mass is 35.5. The van der Waals surface area contributed by atoms with Crippen molar-refractivity contribution in [3.8, 4) is 17.1 Å². The first-order valence-corrected chi connectivity index (χ1v) is 10.5. The Kier molecular flexibility index (Phi) is 5.19. The van der Waals surface area contributed by atoms with Gasteiger partial charge < -0.3 is 14.2 Å². The van der Waals surface area contributed by atoms with Crippen molar-refractivity contribution in [3.05, 3.63) is 65.1 Å². The third-order valence-electron chi connectivity index (χ3n) is 5.86. The number of nitrogens with zero attached hydrogens (tertiary/aromatic N) is 3. The number of nitrogens with one attached hydrogen (secondary N) is 1. The molecule has 1 aliphatic rings. The zero-order valence-corrected chi connectivity index (χ0v) is 17.5. The Morgan fingerprint density at radius 2 is 2.07 bits per heavy atom. The van der Waals surface area contributed by atoms with Gasteiger partial charge in [0.25, 0.3) is 0 Å². The third-order valence-corrected chi connectivity index (χ3v) is 6.09. The number of halogens is 1. The fourth-order valence-corrected chi connectivity index (χ4v) is 4.43. The molecule has 2 aromatic carbocycles. The molecule has 5 rings (SSSR count). The summed E-state index contributed by atoms with van der Waals surface area (Å²) in [6.07, 6.45) is 4.35. The predicted molar refractivity (Wildman–Crippen MR) is 117 cm³/mol. The SMILES string of the molecule is COc1ccc2[nH]cc(C3CCN(Cc4nc(-c5cccc(Cl)c5)no4)CC3)c2c1. The van der Waals surface area contributed by atoms with Gasteiger partial charge in [-0.05, 0) is 67.7 Å². The first-order chi connectivity index (χ1) is 14.7. The van der Waals surface area contributed by atoms with Crippen molar-refractivity contribution in [1.82, 2.24) is 20.0 Å². The lowest BCUT2D eigenvalue weighted by atomic mass is 9.89. The molecule has 0 aliphatic carbocycles. The number of rotatable bonds is 5.